The molecule has 2 rings (SSSR count). The average molecular weight is 319 g/mol. The molecule has 0 aliphatic heterocycles. The van der Waals surface area contributed by atoms with Crippen molar-refractivity contribution < 1.29 is 18.3 Å². The van der Waals surface area contributed by atoms with Gasteiger partial charge in [0.25, 0.3) is 5.91 Å². The Hall–Kier alpha value is -2.43. The number of alkyl halides is 2. The molecule has 23 heavy (non-hydrogen) atoms. The summed E-state index contributed by atoms with van der Waals surface area (Å²) in [6.07, 6.45) is 0. The number of anilines is 1. The molecule has 0 N–H and O–H groups in total. The fraction of sp³-hybridized carbons (Fsp3) is 0.278. The maximum atomic E-state index is 12.6. The topological polar surface area (TPSA) is 29.5 Å². The number of amides is 1. The molecule has 0 saturated heterocycles. The van der Waals surface area contributed by atoms with Crippen LogP contribution in [0.5, 0.6) is 5.75 Å². The second-order valence-corrected chi connectivity index (χ2v) is 5.49. The van der Waals surface area contributed by atoms with Crippen LogP contribution >= 0.6 is 0 Å². The first-order valence-corrected chi connectivity index (χ1v) is 7.32. The van der Waals surface area contributed by atoms with Gasteiger partial charge < -0.3 is 9.64 Å². The molecule has 0 spiro atoms. The van der Waals surface area contributed by atoms with E-state index in [-0.39, 0.29) is 11.3 Å². The molecule has 0 fully saturated rings. The van der Waals surface area contributed by atoms with Crippen molar-refractivity contribution in [3.63, 3.8) is 0 Å². The Bertz CT molecular complexity index is 686. The van der Waals surface area contributed by atoms with E-state index < -0.39 is 12.5 Å². The Labute approximate surface area is 134 Å². The normalized spacial score (nSPS) is 10.9. The maximum absolute atomic E-state index is 12.6. The molecule has 0 bridgehead atoms. The first-order chi connectivity index (χ1) is 10.9. The predicted octanol–water partition coefficient (Wildman–Crippen LogP) is 4.69. The first-order valence-electron chi connectivity index (χ1n) is 7.32. The highest BCUT2D eigenvalue weighted by Crippen LogP contribution is 2.26. The minimum Gasteiger partial charge on any atom is -0.434 e. The standard InChI is InChI=1S/C18H19F2NO2/c1-12(2)13-7-6-8-14(11-13)21(3)17(22)15-9-4-5-10-16(15)23-18(19)20/h4-12,18H,1-3H3. The monoisotopic (exact) mass is 319 g/mol. The van der Waals surface area contributed by atoms with E-state index in [9.17, 15) is 13.6 Å². The van der Waals surface area contributed by atoms with Crippen molar-refractivity contribution in [3.8, 4) is 5.75 Å². The second kappa shape index (κ2) is 7.22. The average Bonchev–Trinajstić information content (AvgIpc) is 2.53. The van der Waals surface area contributed by atoms with E-state index in [0.717, 1.165) is 5.56 Å². The van der Waals surface area contributed by atoms with Gasteiger partial charge in [-0.15, -0.1) is 0 Å². The number of hydrogen-bond acceptors (Lipinski definition) is 2. The fourth-order valence-electron chi connectivity index (χ4n) is 2.23. The Balaban J connectivity index is 2.32. The van der Waals surface area contributed by atoms with Crippen LogP contribution < -0.4 is 9.64 Å². The molecular weight excluding hydrogens is 300 g/mol. The van der Waals surface area contributed by atoms with Gasteiger partial charge in [0.05, 0.1) is 5.56 Å². The van der Waals surface area contributed by atoms with Gasteiger partial charge in [-0.25, -0.2) is 0 Å². The number of rotatable bonds is 5. The van der Waals surface area contributed by atoms with Crippen molar-refractivity contribution in [2.24, 2.45) is 0 Å². The number of ether oxygens (including phenoxy) is 1. The van der Waals surface area contributed by atoms with Gasteiger partial charge in [-0.2, -0.15) is 8.78 Å². The van der Waals surface area contributed by atoms with E-state index in [1.165, 1.54) is 17.0 Å². The quantitative estimate of drug-likeness (QED) is 0.800. The van der Waals surface area contributed by atoms with Crippen molar-refractivity contribution in [2.75, 3.05) is 11.9 Å². The number of nitrogens with zero attached hydrogens (tertiary/aromatic N) is 1. The van der Waals surface area contributed by atoms with Crippen molar-refractivity contribution >= 4 is 11.6 Å². The van der Waals surface area contributed by atoms with Crippen LogP contribution in [0.4, 0.5) is 14.5 Å². The molecular formula is C18H19F2NO2. The molecule has 122 valence electrons. The maximum Gasteiger partial charge on any atom is 0.387 e. The Morgan fingerprint density at radius 2 is 1.78 bits per heavy atom. The highest BCUT2D eigenvalue weighted by atomic mass is 19.3. The van der Waals surface area contributed by atoms with E-state index >= 15 is 0 Å². The summed E-state index contributed by atoms with van der Waals surface area (Å²) in [5.41, 5.74) is 1.90. The van der Waals surface area contributed by atoms with Gasteiger partial charge in [0.1, 0.15) is 5.75 Å². The highest BCUT2D eigenvalue weighted by Gasteiger charge is 2.20. The number of benzene rings is 2. The van der Waals surface area contributed by atoms with Gasteiger partial charge in [-0.1, -0.05) is 38.1 Å². The smallest absolute Gasteiger partial charge is 0.387 e. The lowest BCUT2D eigenvalue weighted by Gasteiger charge is -2.20. The molecule has 0 atom stereocenters. The van der Waals surface area contributed by atoms with Crippen LogP contribution in [0.3, 0.4) is 0 Å². The minimum atomic E-state index is -2.97. The third-order valence-electron chi connectivity index (χ3n) is 3.56. The molecule has 0 saturated carbocycles. The van der Waals surface area contributed by atoms with Gasteiger partial charge in [0.2, 0.25) is 0 Å². The number of carbonyl (C=O) groups is 1. The van der Waals surface area contributed by atoms with Crippen molar-refractivity contribution in [2.45, 2.75) is 26.4 Å². The summed E-state index contributed by atoms with van der Waals surface area (Å²) < 4.78 is 29.4. The van der Waals surface area contributed by atoms with Crippen molar-refractivity contribution in [1.29, 1.82) is 0 Å². The van der Waals surface area contributed by atoms with Gasteiger partial charge >= 0.3 is 6.61 Å². The molecule has 0 aliphatic rings. The van der Waals surface area contributed by atoms with Gasteiger partial charge in [-0.3, -0.25) is 4.79 Å². The van der Waals surface area contributed by atoms with Gasteiger partial charge in [-0.05, 0) is 35.7 Å². The zero-order valence-corrected chi connectivity index (χ0v) is 13.3. The van der Waals surface area contributed by atoms with Crippen LogP contribution in [-0.2, 0) is 0 Å². The summed E-state index contributed by atoms with van der Waals surface area (Å²) in [5, 5.41) is 0. The Morgan fingerprint density at radius 3 is 2.43 bits per heavy atom. The number of carbonyl (C=O) groups excluding carboxylic acids is 1. The Morgan fingerprint density at radius 1 is 1.09 bits per heavy atom. The molecule has 0 heterocycles. The van der Waals surface area contributed by atoms with Crippen LogP contribution in [0.1, 0.15) is 35.7 Å². The van der Waals surface area contributed by atoms with Gasteiger partial charge in [0.15, 0.2) is 0 Å². The summed E-state index contributed by atoms with van der Waals surface area (Å²) in [6.45, 7) is 1.15. The van der Waals surface area contributed by atoms with Crippen molar-refractivity contribution in [3.05, 3.63) is 59.7 Å². The first kappa shape index (κ1) is 16.9. The second-order valence-electron chi connectivity index (χ2n) is 5.49. The third-order valence-corrected chi connectivity index (χ3v) is 3.56. The third kappa shape index (κ3) is 4.06. The summed E-state index contributed by atoms with van der Waals surface area (Å²) in [4.78, 5) is 14.1. The molecule has 3 nitrogen and oxygen atoms in total. The molecule has 2 aromatic rings. The molecule has 0 radical (unpaired) electrons. The number of halogens is 2. The summed E-state index contributed by atoms with van der Waals surface area (Å²) in [6, 6.07) is 13.6. The fourth-order valence-corrected chi connectivity index (χ4v) is 2.23. The highest BCUT2D eigenvalue weighted by molar-refractivity contribution is 6.07. The predicted molar refractivity (Wildman–Crippen MR) is 86.3 cm³/mol. The zero-order chi connectivity index (χ0) is 17.0. The van der Waals surface area contributed by atoms with Crippen LogP contribution in [0.25, 0.3) is 0 Å². The van der Waals surface area contributed by atoms with E-state index in [4.69, 9.17) is 0 Å². The van der Waals surface area contributed by atoms with Crippen LogP contribution in [0.2, 0.25) is 0 Å². The number of hydrogen-bond donors (Lipinski definition) is 0. The lowest BCUT2D eigenvalue weighted by atomic mass is 10.0. The summed E-state index contributed by atoms with van der Waals surface area (Å²) in [7, 11) is 1.61. The van der Waals surface area contributed by atoms with E-state index in [1.54, 1.807) is 25.2 Å². The van der Waals surface area contributed by atoms with Crippen molar-refractivity contribution in [1.82, 2.24) is 0 Å². The lowest BCUT2D eigenvalue weighted by Crippen LogP contribution is -2.27. The van der Waals surface area contributed by atoms with Crippen LogP contribution in [0, 0.1) is 0 Å². The molecule has 1 amide bonds. The zero-order valence-electron chi connectivity index (χ0n) is 13.3. The lowest BCUT2D eigenvalue weighted by molar-refractivity contribution is -0.0501. The molecule has 0 aromatic heterocycles. The SMILES string of the molecule is CC(C)c1cccc(N(C)C(=O)c2ccccc2OC(F)F)c1. The minimum absolute atomic E-state index is 0.102. The number of para-hydroxylation sites is 1. The summed E-state index contributed by atoms with van der Waals surface area (Å²) >= 11 is 0. The molecule has 5 heteroatoms. The van der Waals surface area contributed by atoms with Crippen LogP contribution in [0.15, 0.2) is 48.5 Å². The molecule has 2 aromatic carbocycles. The largest absolute Gasteiger partial charge is 0.434 e. The van der Waals surface area contributed by atoms with E-state index in [1.807, 2.05) is 18.2 Å². The van der Waals surface area contributed by atoms with Crippen LogP contribution in [-0.4, -0.2) is 19.6 Å². The van der Waals surface area contributed by atoms with Gasteiger partial charge in [0, 0.05) is 12.7 Å². The Kier molecular flexibility index (Phi) is 5.32. The molecule has 0 unspecified atom stereocenters. The summed E-state index contributed by atoms with van der Waals surface area (Å²) in [5.74, 6) is -0.200. The molecule has 0 aliphatic carbocycles. The van der Waals surface area contributed by atoms with E-state index in [0.29, 0.717) is 11.6 Å². The van der Waals surface area contributed by atoms with E-state index in [2.05, 4.69) is 18.6 Å².